The number of carbonyl (C=O) groups is 1. The molecule has 0 saturated carbocycles. The molecule has 0 aliphatic carbocycles. The van der Waals surface area contributed by atoms with Crippen LogP contribution in [0.2, 0.25) is 0 Å². The van der Waals surface area contributed by atoms with E-state index < -0.39 is 0 Å². The first-order chi connectivity index (χ1) is 10.1. The third-order valence-electron chi connectivity index (χ3n) is 3.12. The van der Waals surface area contributed by atoms with Gasteiger partial charge in [-0.2, -0.15) is 0 Å². The number of benzene rings is 2. The zero-order valence-electron chi connectivity index (χ0n) is 11.9. The Morgan fingerprint density at radius 2 is 1.90 bits per heavy atom. The molecule has 0 bridgehead atoms. The van der Waals surface area contributed by atoms with Crippen LogP contribution in [0, 0.1) is 0 Å². The molecule has 0 atom stereocenters. The molecule has 3 aromatic rings. The highest BCUT2D eigenvalue weighted by atomic mass is 32.2. The molecule has 2 aromatic carbocycles. The Hall–Kier alpha value is -2.27. The third-order valence-corrected chi connectivity index (χ3v) is 4.15. The summed E-state index contributed by atoms with van der Waals surface area (Å²) in [7, 11) is 3.50. The second kappa shape index (κ2) is 5.61. The smallest absolute Gasteiger partial charge is 0.285 e. The SMILES string of the molecule is CN(C)C(=O)Sc1ccc2c(c1)ncn2-c1ccccc1. The molecule has 0 unspecified atom stereocenters. The summed E-state index contributed by atoms with van der Waals surface area (Å²) in [6.07, 6.45) is 1.81. The van der Waals surface area contributed by atoms with Crippen LogP contribution >= 0.6 is 11.8 Å². The molecular formula is C16H15N3OS. The van der Waals surface area contributed by atoms with E-state index in [2.05, 4.69) is 4.98 Å². The highest BCUT2D eigenvalue weighted by molar-refractivity contribution is 8.13. The van der Waals surface area contributed by atoms with Crippen LogP contribution in [0.25, 0.3) is 16.7 Å². The van der Waals surface area contributed by atoms with E-state index >= 15 is 0 Å². The van der Waals surface area contributed by atoms with Gasteiger partial charge in [0.05, 0.1) is 11.0 Å². The topological polar surface area (TPSA) is 38.1 Å². The van der Waals surface area contributed by atoms with Crippen LogP contribution in [0.4, 0.5) is 4.79 Å². The van der Waals surface area contributed by atoms with E-state index in [4.69, 9.17) is 0 Å². The lowest BCUT2D eigenvalue weighted by Gasteiger charge is -2.09. The molecule has 0 N–H and O–H groups in total. The lowest BCUT2D eigenvalue weighted by molar-refractivity contribution is 0.241. The summed E-state index contributed by atoms with van der Waals surface area (Å²) in [6.45, 7) is 0. The van der Waals surface area contributed by atoms with E-state index in [1.807, 2.05) is 59.4 Å². The first kappa shape index (κ1) is 13.7. The summed E-state index contributed by atoms with van der Waals surface area (Å²) in [5, 5.41) is 0.0110. The third kappa shape index (κ3) is 2.78. The van der Waals surface area contributed by atoms with Crippen LogP contribution in [-0.4, -0.2) is 33.8 Å². The lowest BCUT2D eigenvalue weighted by Crippen LogP contribution is -2.15. The van der Waals surface area contributed by atoms with Gasteiger partial charge in [-0.05, 0) is 42.1 Å². The Kier molecular flexibility index (Phi) is 3.66. The predicted octanol–water partition coefficient (Wildman–Crippen LogP) is 3.80. The van der Waals surface area contributed by atoms with Crippen molar-refractivity contribution in [1.82, 2.24) is 14.5 Å². The van der Waals surface area contributed by atoms with Gasteiger partial charge >= 0.3 is 0 Å². The summed E-state index contributed by atoms with van der Waals surface area (Å²) in [5.74, 6) is 0. The van der Waals surface area contributed by atoms with E-state index in [1.165, 1.54) is 11.8 Å². The van der Waals surface area contributed by atoms with Crippen molar-refractivity contribution in [3.63, 3.8) is 0 Å². The Morgan fingerprint density at radius 1 is 1.14 bits per heavy atom. The molecule has 0 fully saturated rings. The summed E-state index contributed by atoms with van der Waals surface area (Å²) in [6, 6.07) is 16.0. The normalized spacial score (nSPS) is 10.8. The molecule has 21 heavy (non-hydrogen) atoms. The molecule has 4 nitrogen and oxygen atoms in total. The number of carbonyl (C=O) groups excluding carboxylic acids is 1. The molecule has 0 aliphatic rings. The Morgan fingerprint density at radius 3 is 2.62 bits per heavy atom. The fourth-order valence-corrected chi connectivity index (χ4v) is 2.73. The van der Waals surface area contributed by atoms with Gasteiger partial charge in [-0.15, -0.1) is 0 Å². The molecule has 1 amide bonds. The first-order valence-corrected chi connectivity index (χ1v) is 7.38. The average molecular weight is 297 g/mol. The minimum Gasteiger partial charge on any atom is -0.339 e. The minimum absolute atomic E-state index is 0.0110. The van der Waals surface area contributed by atoms with Crippen LogP contribution in [0.15, 0.2) is 59.8 Å². The van der Waals surface area contributed by atoms with Crippen molar-refractivity contribution in [2.75, 3.05) is 14.1 Å². The molecule has 0 spiro atoms. The number of fused-ring (bicyclic) bond motifs is 1. The maximum atomic E-state index is 11.7. The van der Waals surface area contributed by atoms with Crippen LogP contribution in [0.5, 0.6) is 0 Å². The molecule has 0 aliphatic heterocycles. The highest BCUT2D eigenvalue weighted by Gasteiger charge is 2.09. The second-order valence-electron chi connectivity index (χ2n) is 4.86. The summed E-state index contributed by atoms with van der Waals surface area (Å²) in [5.41, 5.74) is 2.99. The van der Waals surface area contributed by atoms with Crippen LogP contribution in [0.3, 0.4) is 0 Å². The first-order valence-electron chi connectivity index (χ1n) is 6.57. The van der Waals surface area contributed by atoms with E-state index in [-0.39, 0.29) is 5.24 Å². The largest absolute Gasteiger partial charge is 0.339 e. The van der Waals surface area contributed by atoms with Gasteiger partial charge in [0.15, 0.2) is 0 Å². The summed E-state index contributed by atoms with van der Waals surface area (Å²) < 4.78 is 2.04. The molecule has 1 aromatic heterocycles. The fourth-order valence-electron chi connectivity index (χ4n) is 2.04. The average Bonchev–Trinajstić information content (AvgIpc) is 2.91. The molecule has 3 rings (SSSR count). The van der Waals surface area contributed by atoms with Crippen LogP contribution < -0.4 is 0 Å². The minimum atomic E-state index is 0.0110. The second-order valence-corrected chi connectivity index (χ2v) is 5.89. The van der Waals surface area contributed by atoms with Crippen molar-refractivity contribution >= 4 is 28.0 Å². The van der Waals surface area contributed by atoms with Crippen molar-refractivity contribution in [3.8, 4) is 5.69 Å². The molecule has 106 valence electrons. The monoisotopic (exact) mass is 297 g/mol. The molecule has 0 saturated heterocycles. The van der Waals surface area contributed by atoms with Gasteiger partial charge in [0, 0.05) is 24.7 Å². The maximum absolute atomic E-state index is 11.7. The van der Waals surface area contributed by atoms with Crippen molar-refractivity contribution in [3.05, 3.63) is 54.9 Å². The van der Waals surface area contributed by atoms with E-state index in [0.29, 0.717) is 0 Å². The molecule has 1 heterocycles. The standard InChI is InChI=1S/C16H15N3OS/c1-18(2)16(20)21-13-8-9-15-14(10-13)17-11-19(15)12-6-4-3-5-7-12/h3-11H,1-2H3. The number of hydrogen-bond acceptors (Lipinski definition) is 3. The maximum Gasteiger partial charge on any atom is 0.285 e. The van der Waals surface area contributed by atoms with Gasteiger partial charge in [0.25, 0.3) is 5.24 Å². The quantitative estimate of drug-likeness (QED) is 0.675. The summed E-state index contributed by atoms with van der Waals surface area (Å²) >= 11 is 1.21. The molecular weight excluding hydrogens is 282 g/mol. The number of para-hydroxylation sites is 1. The lowest BCUT2D eigenvalue weighted by atomic mass is 10.3. The number of amides is 1. The van der Waals surface area contributed by atoms with E-state index in [1.54, 1.807) is 19.0 Å². The van der Waals surface area contributed by atoms with E-state index in [9.17, 15) is 4.79 Å². The number of imidazole rings is 1. The van der Waals surface area contributed by atoms with E-state index in [0.717, 1.165) is 21.6 Å². The molecule has 0 radical (unpaired) electrons. The Bertz CT molecular complexity index is 781. The number of aromatic nitrogens is 2. The van der Waals surface area contributed by atoms with Crippen molar-refractivity contribution in [2.24, 2.45) is 0 Å². The Labute approximate surface area is 127 Å². The number of rotatable bonds is 2. The highest BCUT2D eigenvalue weighted by Crippen LogP contribution is 2.26. The number of nitrogens with zero attached hydrogens (tertiary/aromatic N) is 3. The van der Waals surface area contributed by atoms with Gasteiger partial charge in [-0.1, -0.05) is 18.2 Å². The van der Waals surface area contributed by atoms with Crippen molar-refractivity contribution < 1.29 is 4.79 Å². The van der Waals surface area contributed by atoms with Crippen molar-refractivity contribution in [1.29, 1.82) is 0 Å². The van der Waals surface area contributed by atoms with Gasteiger partial charge in [0.1, 0.15) is 6.33 Å². The number of thioether (sulfide) groups is 1. The Balaban J connectivity index is 1.97. The van der Waals surface area contributed by atoms with Crippen molar-refractivity contribution in [2.45, 2.75) is 4.90 Å². The van der Waals surface area contributed by atoms with Crippen LogP contribution in [0.1, 0.15) is 0 Å². The van der Waals surface area contributed by atoms with Gasteiger partial charge in [-0.25, -0.2) is 4.98 Å². The zero-order chi connectivity index (χ0) is 14.8. The van der Waals surface area contributed by atoms with Gasteiger partial charge in [0.2, 0.25) is 0 Å². The zero-order valence-corrected chi connectivity index (χ0v) is 12.7. The predicted molar refractivity (Wildman–Crippen MR) is 86.0 cm³/mol. The van der Waals surface area contributed by atoms with Gasteiger partial charge < -0.3 is 4.90 Å². The molecule has 5 heteroatoms. The van der Waals surface area contributed by atoms with Gasteiger partial charge in [-0.3, -0.25) is 9.36 Å². The van der Waals surface area contributed by atoms with Crippen LogP contribution in [-0.2, 0) is 0 Å². The number of hydrogen-bond donors (Lipinski definition) is 0. The summed E-state index contributed by atoms with van der Waals surface area (Å²) in [4.78, 5) is 18.6. The fraction of sp³-hybridized carbons (Fsp3) is 0.125.